The number of morpholine rings is 1. The van der Waals surface area contributed by atoms with Gasteiger partial charge in [0.15, 0.2) is 5.82 Å². The van der Waals surface area contributed by atoms with Crippen LogP contribution < -0.4 is 15.8 Å². The fourth-order valence-corrected chi connectivity index (χ4v) is 3.27. The molecule has 1 N–H and O–H groups in total. The Labute approximate surface area is 152 Å². The van der Waals surface area contributed by atoms with Crippen LogP contribution in [0.3, 0.4) is 0 Å². The van der Waals surface area contributed by atoms with E-state index in [2.05, 4.69) is 10.3 Å². The molecular weight excluding hydrogens is 338 g/mol. The number of nitrogens with zero attached hydrogens (tertiary/aromatic N) is 4. The van der Waals surface area contributed by atoms with E-state index in [0.717, 1.165) is 19.4 Å². The summed E-state index contributed by atoms with van der Waals surface area (Å²) in [6.07, 6.45) is 5.22. The number of nitrogens with one attached hydrogen (secondary N) is 1. The summed E-state index contributed by atoms with van der Waals surface area (Å²) >= 11 is 0. The molecule has 0 radical (unpaired) electrons. The SMILES string of the molecule is CN(CC1CN(C(=O)NCC2CCCO2)CCO1)c1nccn(C)c1=O. The van der Waals surface area contributed by atoms with E-state index in [1.54, 1.807) is 29.2 Å². The summed E-state index contributed by atoms with van der Waals surface area (Å²) in [7, 11) is 3.50. The Morgan fingerprint density at radius 1 is 1.38 bits per heavy atom. The smallest absolute Gasteiger partial charge is 0.317 e. The highest BCUT2D eigenvalue weighted by molar-refractivity contribution is 5.74. The molecule has 2 unspecified atom stereocenters. The second kappa shape index (κ2) is 8.50. The molecule has 9 nitrogen and oxygen atoms in total. The van der Waals surface area contributed by atoms with E-state index < -0.39 is 0 Å². The molecule has 2 saturated heterocycles. The van der Waals surface area contributed by atoms with Gasteiger partial charge in [-0.2, -0.15) is 0 Å². The zero-order valence-corrected chi connectivity index (χ0v) is 15.4. The molecule has 0 aromatic carbocycles. The van der Waals surface area contributed by atoms with E-state index >= 15 is 0 Å². The molecular formula is C17H27N5O4. The molecule has 2 amide bonds. The molecule has 0 aliphatic carbocycles. The average Bonchev–Trinajstić information content (AvgIpc) is 3.15. The number of likely N-dealkylation sites (N-methyl/N-ethyl adjacent to an activating group) is 1. The first-order valence-corrected chi connectivity index (χ1v) is 9.03. The fraction of sp³-hybridized carbons (Fsp3) is 0.706. The van der Waals surface area contributed by atoms with Gasteiger partial charge in [-0.15, -0.1) is 0 Å². The van der Waals surface area contributed by atoms with Gasteiger partial charge in [0.25, 0.3) is 5.56 Å². The standard InChI is InChI=1S/C17H27N5O4/c1-20-6-5-18-15(16(20)23)21(2)11-14-12-22(7-9-26-14)17(24)19-10-13-4-3-8-25-13/h5-6,13-14H,3-4,7-12H2,1-2H3,(H,19,24). The summed E-state index contributed by atoms with van der Waals surface area (Å²) in [5, 5.41) is 2.94. The van der Waals surface area contributed by atoms with Crippen molar-refractivity contribution in [1.82, 2.24) is 19.8 Å². The average molecular weight is 365 g/mol. The van der Waals surface area contributed by atoms with Gasteiger partial charge in [-0.05, 0) is 12.8 Å². The molecule has 144 valence electrons. The maximum atomic E-state index is 12.4. The third kappa shape index (κ3) is 4.53. The lowest BCUT2D eigenvalue weighted by Crippen LogP contribution is -2.53. The van der Waals surface area contributed by atoms with Gasteiger partial charge >= 0.3 is 6.03 Å². The van der Waals surface area contributed by atoms with Crippen molar-refractivity contribution in [3.05, 3.63) is 22.7 Å². The lowest BCUT2D eigenvalue weighted by Gasteiger charge is -2.35. The zero-order chi connectivity index (χ0) is 18.5. The van der Waals surface area contributed by atoms with Crippen LogP contribution in [0.2, 0.25) is 0 Å². The highest BCUT2D eigenvalue weighted by Gasteiger charge is 2.27. The number of ether oxygens (including phenoxy) is 2. The molecule has 9 heteroatoms. The van der Waals surface area contributed by atoms with Gasteiger partial charge in [0.1, 0.15) is 0 Å². The summed E-state index contributed by atoms with van der Waals surface area (Å²) in [6, 6.07) is -0.0924. The third-order valence-electron chi connectivity index (χ3n) is 4.77. The van der Waals surface area contributed by atoms with Gasteiger partial charge in [0, 0.05) is 52.7 Å². The van der Waals surface area contributed by atoms with Crippen LogP contribution >= 0.6 is 0 Å². The number of aromatic nitrogens is 2. The minimum absolute atomic E-state index is 0.0924. The molecule has 1 aromatic heterocycles. The monoisotopic (exact) mass is 365 g/mol. The Hall–Kier alpha value is -2.13. The number of carbonyl (C=O) groups is 1. The minimum atomic E-state index is -0.172. The van der Waals surface area contributed by atoms with E-state index in [-0.39, 0.29) is 23.8 Å². The van der Waals surface area contributed by atoms with Crippen molar-refractivity contribution in [2.75, 3.05) is 51.3 Å². The highest BCUT2D eigenvalue weighted by atomic mass is 16.5. The molecule has 3 heterocycles. The van der Waals surface area contributed by atoms with Crippen LogP contribution in [0.4, 0.5) is 10.6 Å². The number of hydrogen-bond donors (Lipinski definition) is 1. The van der Waals surface area contributed by atoms with E-state index in [1.165, 1.54) is 4.57 Å². The lowest BCUT2D eigenvalue weighted by molar-refractivity contribution is -0.00959. The van der Waals surface area contributed by atoms with Gasteiger partial charge in [-0.25, -0.2) is 9.78 Å². The van der Waals surface area contributed by atoms with Crippen LogP contribution in [-0.2, 0) is 16.5 Å². The number of urea groups is 1. The van der Waals surface area contributed by atoms with Gasteiger partial charge in [-0.3, -0.25) is 4.79 Å². The second-order valence-corrected chi connectivity index (χ2v) is 6.81. The minimum Gasteiger partial charge on any atom is -0.376 e. The molecule has 0 bridgehead atoms. The van der Waals surface area contributed by atoms with E-state index in [1.807, 2.05) is 7.05 Å². The number of rotatable bonds is 5. The van der Waals surface area contributed by atoms with Crippen LogP contribution in [0.25, 0.3) is 0 Å². The van der Waals surface area contributed by atoms with Crippen LogP contribution in [-0.4, -0.2) is 79.1 Å². The quantitative estimate of drug-likeness (QED) is 0.778. The molecule has 2 fully saturated rings. The number of amides is 2. The summed E-state index contributed by atoms with van der Waals surface area (Å²) < 4.78 is 12.8. The number of aryl methyl sites for hydroxylation is 1. The largest absolute Gasteiger partial charge is 0.376 e. The normalized spacial score (nSPS) is 23.1. The van der Waals surface area contributed by atoms with Crippen molar-refractivity contribution >= 4 is 11.8 Å². The van der Waals surface area contributed by atoms with Gasteiger partial charge in [0.2, 0.25) is 0 Å². The first-order chi connectivity index (χ1) is 12.5. The highest BCUT2D eigenvalue weighted by Crippen LogP contribution is 2.12. The van der Waals surface area contributed by atoms with Crippen molar-refractivity contribution in [2.24, 2.45) is 7.05 Å². The van der Waals surface area contributed by atoms with Crippen LogP contribution in [0, 0.1) is 0 Å². The van der Waals surface area contributed by atoms with Crippen LogP contribution in [0.5, 0.6) is 0 Å². The summed E-state index contributed by atoms with van der Waals surface area (Å²) in [4.78, 5) is 32.2. The number of anilines is 1. The van der Waals surface area contributed by atoms with Crippen LogP contribution in [0.15, 0.2) is 17.2 Å². The molecule has 2 aliphatic rings. The molecule has 26 heavy (non-hydrogen) atoms. The zero-order valence-electron chi connectivity index (χ0n) is 15.4. The summed E-state index contributed by atoms with van der Waals surface area (Å²) in [5.41, 5.74) is -0.156. The first-order valence-electron chi connectivity index (χ1n) is 9.03. The Morgan fingerprint density at radius 2 is 2.19 bits per heavy atom. The fourth-order valence-electron chi connectivity index (χ4n) is 3.27. The first kappa shape index (κ1) is 18.7. The molecule has 1 aromatic rings. The topological polar surface area (TPSA) is 88.9 Å². The molecule has 2 atom stereocenters. The lowest BCUT2D eigenvalue weighted by atomic mass is 10.2. The number of carbonyl (C=O) groups excluding carboxylic acids is 1. The summed E-state index contributed by atoms with van der Waals surface area (Å²) in [6.45, 7) is 3.33. The van der Waals surface area contributed by atoms with Crippen molar-refractivity contribution in [3.8, 4) is 0 Å². The maximum Gasteiger partial charge on any atom is 0.317 e. The Bertz CT molecular complexity index is 673. The predicted octanol–water partition coefficient (Wildman–Crippen LogP) is -0.194. The van der Waals surface area contributed by atoms with Gasteiger partial charge < -0.3 is 29.2 Å². The van der Waals surface area contributed by atoms with Crippen LogP contribution in [0.1, 0.15) is 12.8 Å². The maximum absolute atomic E-state index is 12.4. The number of hydrogen-bond acceptors (Lipinski definition) is 6. The molecule has 2 aliphatic heterocycles. The summed E-state index contributed by atoms with van der Waals surface area (Å²) in [5.74, 6) is 0.374. The van der Waals surface area contributed by atoms with Gasteiger partial charge in [0.05, 0.1) is 25.4 Å². The predicted molar refractivity (Wildman–Crippen MR) is 96.4 cm³/mol. The van der Waals surface area contributed by atoms with Crippen molar-refractivity contribution in [1.29, 1.82) is 0 Å². The Kier molecular flexibility index (Phi) is 6.10. The van der Waals surface area contributed by atoms with E-state index in [4.69, 9.17) is 9.47 Å². The Morgan fingerprint density at radius 3 is 2.96 bits per heavy atom. The van der Waals surface area contributed by atoms with Gasteiger partial charge in [-0.1, -0.05) is 0 Å². The van der Waals surface area contributed by atoms with Crippen molar-refractivity contribution in [3.63, 3.8) is 0 Å². The Balaban J connectivity index is 1.51. The molecule has 0 saturated carbocycles. The third-order valence-corrected chi connectivity index (χ3v) is 4.77. The molecule has 0 spiro atoms. The van der Waals surface area contributed by atoms with E-state index in [0.29, 0.717) is 38.6 Å². The van der Waals surface area contributed by atoms with Crippen molar-refractivity contribution in [2.45, 2.75) is 25.0 Å². The molecule has 3 rings (SSSR count). The van der Waals surface area contributed by atoms with Crippen molar-refractivity contribution < 1.29 is 14.3 Å². The second-order valence-electron chi connectivity index (χ2n) is 6.81. The van der Waals surface area contributed by atoms with E-state index in [9.17, 15) is 9.59 Å².